The number of nitrogens with one attached hydrogen (secondary N) is 2. The lowest BCUT2D eigenvalue weighted by molar-refractivity contribution is -0.117. The number of nitrogens with zero attached hydrogens (tertiary/aromatic N) is 1. The number of hydrogen-bond acceptors (Lipinski definition) is 4. The third-order valence-electron chi connectivity index (χ3n) is 6.01. The Kier molecular flexibility index (Phi) is 8.03. The van der Waals surface area contributed by atoms with Crippen molar-refractivity contribution >= 4 is 34.8 Å². The quantitative estimate of drug-likeness (QED) is 0.527. The molecule has 2 aromatic rings. The van der Waals surface area contributed by atoms with Crippen molar-refractivity contribution in [3.8, 4) is 0 Å². The van der Waals surface area contributed by atoms with Gasteiger partial charge in [0.05, 0.1) is 11.6 Å². The van der Waals surface area contributed by atoms with Crippen LogP contribution in [-0.4, -0.2) is 36.6 Å². The molecule has 2 N–H and O–H groups in total. The maximum Gasteiger partial charge on any atom is 0.251 e. The Morgan fingerprint density at radius 2 is 1.88 bits per heavy atom. The van der Waals surface area contributed by atoms with Gasteiger partial charge in [-0.1, -0.05) is 11.6 Å². The lowest BCUT2D eigenvalue weighted by Gasteiger charge is -2.39. The van der Waals surface area contributed by atoms with Crippen molar-refractivity contribution in [2.75, 3.05) is 23.4 Å². The second kappa shape index (κ2) is 10.6. The van der Waals surface area contributed by atoms with Gasteiger partial charge in [0.15, 0.2) is 0 Å². The molecule has 1 aliphatic heterocycles. The molecule has 0 spiro atoms. The van der Waals surface area contributed by atoms with E-state index in [0.717, 1.165) is 23.4 Å². The first kappa shape index (κ1) is 25.1. The molecule has 2 aromatic carbocycles. The predicted octanol–water partition coefficient (Wildman–Crippen LogP) is 5.57. The lowest BCUT2D eigenvalue weighted by atomic mass is 9.90. The van der Waals surface area contributed by atoms with E-state index in [-0.39, 0.29) is 29.5 Å². The number of ether oxygens (including phenoxy) is 1. The molecule has 0 fully saturated rings. The van der Waals surface area contributed by atoms with Gasteiger partial charge in [-0.2, -0.15) is 0 Å². The zero-order valence-corrected chi connectivity index (χ0v) is 20.8. The first-order chi connectivity index (χ1) is 15.6. The van der Waals surface area contributed by atoms with Crippen LogP contribution < -0.4 is 15.5 Å². The number of rotatable bonds is 8. The standard InChI is InChI=1S/C26H34ClN3O3/c1-6-33-26(4,5)13-14-28-25(32)19-7-12-24-22(16-19)23(15-17(2)30(24)18(3)31)29-21-10-8-20(27)9-11-21/h7-12,16-17,23,29H,6,13-15H2,1-5H3,(H,28,32)/t17-,23+/m0/s1. The van der Waals surface area contributed by atoms with Gasteiger partial charge < -0.3 is 20.3 Å². The van der Waals surface area contributed by atoms with E-state index in [1.807, 2.05) is 69.0 Å². The Labute approximate surface area is 201 Å². The van der Waals surface area contributed by atoms with Crippen LogP contribution >= 0.6 is 11.6 Å². The third-order valence-corrected chi connectivity index (χ3v) is 6.27. The average Bonchev–Trinajstić information content (AvgIpc) is 2.74. The van der Waals surface area contributed by atoms with E-state index < -0.39 is 0 Å². The number of hydrogen-bond donors (Lipinski definition) is 2. The van der Waals surface area contributed by atoms with Gasteiger partial charge in [-0.3, -0.25) is 9.59 Å². The Bertz CT molecular complexity index is 991. The number of benzene rings is 2. The fourth-order valence-electron chi connectivity index (χ4n) is 4.41. The monoisotopic (exact) mass is 471 g/mol. The minimum Gasteiger partial charge on any atom is -0.378 e. The van der Waals surface area contributed by atoms with Crippen LogP contribution in [0.5, 0.6) is 0 Å². The molecule has 0 radical (unpaired) electrons. The van der Waals surface area contributed by atoms with E-state index in [0.29, 0.717) is 30.2 Å². The van der Waals surface area contributed by atoms with Crippen LogP contribution in [0, 0.1) is 0 Å². The lowest BCUT2D eigenvalue weighted by Crippen LogP contribution is -2.43. The second-order valence-electron chi connectivity index (χ2n) is 9.15. The fourth-order valence-corrected chi connectivity index (χ4v) is 4.54. The van der Waals surface area contributed by atoms with Gasteiger partial charge in [0.2, 0.25) is 5.91 Å². The maximum atomic E-state index is 12.9. The molecule has 6 nitrogen and oxygen atoms in total. The number of fused-ring (bicyclic) bond motifs is 1. The summed E-state index contributed by atoms with van der Waals surface area (Å²) in [5.41, 5.74) is 2.99. The first-order valence-electron chi connectivity index (χ1n) is 11.5. The number of anilines is 2. The molecule has 0 unspecified atom stereocenters. The molecule has 0 aliphatic carbocycles. The van der Waals surface area contributed by atoms with Crippen LogP contribution in [-0.2, 0) is 9.53 Å². The number of amides is 2. The summed E-state index contributed by atoms with van der Waals surface area (Å²) in [5.74, 6) is -0.146. The van der Waals surface area contributed by atoms with Gasteiger partial charge in [-0.25, -0.2) is 0 Å². The summed E-state index contributed by atoms with van der Waals surface area (Å²) >= 11 is 6.03. The van der Waals surface area contributed by atoms with E-state index >= 15 is 0 Å². The molecule has 2 amide bonds. The van der Waals surface area contributed by atoms with E-state index in [1.54, 1.807) is 13.0 Å². The molecule has 2 atom stereocenters. The van der Waals surface area contributed by atoms with Crippen molar-refractivity contribution < 1.29 is 14.3 Å². The zero-order valence-electron chi connectivity index (χ0n) is 20.1. The van der Waals surface area contributed by atoms with Crippen molar-refractivity contribution in [2.24, 2.45) is 0 Å². The zero-order chi connectivity index (χ0) is 24.2. The molecule has 178 valence electrons. The Hall–Kier alpha value is -2.57. The molecular weight excluding hydrogens is 438 g/mol. The van der Waals surface area contributed by atoms with Crippen molar-refractivity contribution in [1.29, 1.82) is 0 Å². The highest BCUT2D eigenvalue weighted by atomic mass is 35.5. The van der Waals surface area contributed by atoms with Crippen LogP contribution in [0.25, 0.3) is 0 Å². The molecule has 0 aromatic heterocycles. The van der Waals surface area contributed by atoms with Crippen LogP contribution in [0.3, 0.4) is 0 Å². The predicted molar refractivity (Wildman–Crippen MR) is 134 cm³/mol. The van der Waals surface area contributed by atoms with E-state index in [2.05, 4.69) is 10.6 Å². The summed E-state index contributed by atoms with van der Waals surface area (Å²) in [5, 5.41) is 7.23. The Morgan fingerprint density at radius 3 is 2.52 bits per heavy atom. The van der Waals surface area contributed by atoms with E-state index in [1.165, 1.54) is 0 Å². The minimum atomic E-state index is -0.288. The first-order valence-corrected chi connectivity index (χ1v) is 11.9. The topological polar surface area (TPSA) is 70.7 Å². The summed E-state index contributed by atoms with van der Waals surface area (Å²) in [6, 6.07) is 13.1. The number of carbonyl (C=O) groups excluding carboxylic acids is 2. The van der Waals surface area contributed by atoms with Crippen LogP contribution in [0.2, 0.25) is 5.02 Å². The summed E-state index contributed by atoms with van der Waals surface area (Å²) in [7, 11) is 0. The van der Waals surface area contributed by atoms with E-state index in [9.17, 15) is 9.59 Å². The molecule has 3 rings (SSSR count). The molecule has 0 bridgehead atoms. The van der Waals surface area contributed by atoms with Gasteiger partial charge in [0, 0.05) is 48.1 Å². The van der Waals surface area contributed by atoms with E-state index in [4.69, 9.17) is 16.3 Å². The SMILES string of the molecule is CCOC(C)(C)CCNC(=O)c1ccc2c(c1)[C@H](Nc1ccc(Cl)cc1)C[C@H](C)N2C(C)=O. The highest BCUT2D eigenvalue weighted by molar-refractivity contribution is 6.30. The van der Waals surface area contributed by atoms with Crippen LogP contribution in [0.4, 0.5) is 11.4 Å². The van der Waals surface area contributed by atoms with Gasteiger partial charge in [0.25, 0.3) is 5.91 Å². The summed E-state index contributed by atoms with van der Waals surface area (Å²) in [6.45, 7) is 10.8. The summed E-state index contributed by atoms with van der Waals surface area (Å²) < 4.78 is 5.71. The molecular formula is C26H34ClN3O3. The molecule has 33 heavy (non-hydrogen) atoms. The fraction of sp³-hybridized carbons (Fsp3) is 0.462. The summed E-state index contributed by atoms with van der Waals surface area (Å²) in [4.78, 5) is 27.1. The minimum absolute atomic E-state index is 0.0101. The smallest absolute Gasteiger partial charge is 0.251 e. The Balaban J connectivity index is 1.84. The van der Waals surface area contributed by atoms with Crippen LogP contribution in [0.15, 0.2) is 42.5 Å². The normalized spacial score (nSPS) is 17.9. The van der Waals surface area contributed by atoms with Gasteiger partial charge in [-0.05, 0) is 88.6 Å². The number of carbonyl (C=O) groups is 2. The van der Waals surface area contributed by atoms with Crippen molar-refractivity contribution in [2.45, 2.75) is 65.1 Å². The molecule has 0 saturated carbocycles. The third kappa shape index (κ3) is 6.27. The van der Waals surface area contributed by atoms with Crippen molar-refractivity contribution in [1.82, 2.24) is 5.32 Å². The Morgan fingerprint density at radius 1 is 1.18 bits per heavy atom. The summed E-state index contributed by atoms with van der Waals surface area (Å²) in [6.07, 6.45) is 1.44. The second-order valence-corrected chi connectivity index (χ2v) is 9.59. The van der Waals surface area contributed by atoms with Crippen molar-refractivity contribution in [3.05, 3.63) is 58.6 Å². The molecule has 7 heteroatoms. The van der Waals surface area contributed by atoms with Gasteiger partial charge in [-0.15, -0.1) is 0 Å². The number of halogens is 1. The highest BCUT2D eigenvalue weighted by Crippen LogP contribution is 2.39. The van der Waals surface area contributed by atoms with Crippen molar-refractivity contribution in [3.63, 3.8) is 0 Å². The average molecular weight is 472 g/mol. The highest BCUT2D eigenvalue weighted by Gasteiger charge is 2.33. The maximum absolute atomic E-state index is 12.9. The molecule has 1 aliphatic rings. The van der Waals surface area contributed by atoms with Crippen LogP contribution in [0.1, 0.15) is 69.4 Å². The van der Waals surface area contributed by atoms with Gasteiger partial charge in [0.1, 0.15) is 0 Å². The van der Waals surface area contributed by atoms with Gasteiger partial charge >= 0.3 is 0 Å². The molecule has 1 heterocycles. The molecule has 0 saturated heterocycles. The largest absolute Gasteiger partial charge is 0.378 e.